The number of fused-ring (bicyclic) bond motifs is 3. The molecule has 1 N–H and O–H groups in total. The van der Waals surface area contributed by atoms with Gasteiger partial charge in [-0.05, 0) is 37.7 Å². The van der Waals surface area contributed by atoms with Crippen LogP contribution in [0.25, 0.3) is 22.1 Å². The number of methoxy groups -OCH3 is 1. The second-order valence-electron chi connectivity index (χ2n) is 6.21. The van der Waals surface area contributed by atoms with Crippen LogP contribution in [0.4, 0.5) is 0 Å². The van der Waals surface area contributed by atoms with Gasteiger partial charge in [-0.25, -0.2) is 15.2 Å². The number of hydrogen-bond donors (Lipinski definition) is 1. The zero-order chi connectivity index (χ0) is 15.8. The first-order chi connectivity index (χ1) is 11.3. The smallest absolute Gasteiger partial charge is 0.305 e. The van der Waals surface area contributed by atoms with Crippen LogP contribution in [0.1, 0.15) is 38.1 Å². The van der Waals surface area contributed by atoms with E-state index in [0.29, 0.717) is 18.4 Å². The highest BCUT2D eigenvalue weighted by Crippen LogP contribution is 2.36. The van der Waals surface area contributed by atoms with Gasteiger partial charge in [-0.15, -0.1) is 0 Å². The first-order valence-electron chi connectivity index (χ1n) is 7.99. The zero-order valence-electron chi connectivity index (χ0n) is 13.0. The van der Waals surface area contributed by atoms with E-state index in [1.54, 1.807) is 12.4 Å². The molecule has 7 nitrogen and oxygen atoms in total. The van der Waals surface area contributed by atoms with Crippen molar-refractivity contribution >= 4 is 28.0 Å². The van der Waals surface area contributed by atoms with Gasteiger partial charge >= 0.3 is 5.97 Å². The number of hydrogen-bond acceptors (Lipinski definition) is 5. The van der Waals surface area contributed by atoms with Crippen LogP contribution in [0.3, 0.4) is 0 Å². The number of carbonyl (C=O) groups excluding carboxylic acids is 1. The number of nitrogens with zero attached hydrogens (tertiary/aromatic N) is 4. The normalized spacial score (nSPS) is 21.8. The molecule has 0 radical (unpaired) electrons. The third-order valence-electron chi connectivity index (χ3n) is 4.87. The van der Waals surface area contributed by atoms with Crippen molar-refractivity contribution in [2.24, 2.45) is 5.92 Å². The summed E-state index contributed by atoms with van der Waals surface area (Å²) in [5.74, 6) is 0.319. The SMILES string of the molecule is COC(=O)CC1CCC(n2[nH]nc3cnc4nccc4c32)CC1. The van der Waals surface area contributed by atoms with E-state index < -0.39 is 0 Å². The molecular weight excluding hydrogens is 294 g/mol. The third-order valence-corrected chi connectivity index (χ3v) is 4.87. The third kappa shape index (κ3) is 2.46. The van der Waals surface area contributed by atoms with E-state index in [4.69, 9.17) is 4.74 Å². The molecule has 0 spiro atoms. The second-order valence-corrected chi connectivity index (χ2v) is 6.21. The highest BCUT2D eigenvalue weighted by Gasteiger charge is 2.26. The molecule has 4 rings (SSSR count). The van der Waals surface area contributed by atoms with E-state index in [1.807, 2.05) is 6.07 Å². The van der Waals surface area contributed by atoms with Crippen LogP contribution in [-0.2, 0) is 9.53 Å². The standard InChI is InChI=1S/C16H19N5O2/c1-23-14(22)8-10-2-4-11(5-3-10)21-15-12-6-7-17-16(12)18-9-13(15)19-20-21/h6-7,9-11,20H,2-5,8H2,1H3. The van der Waals surface area contributed by atoms with Crippen molar-refractivity contribution in [3.63, 3.8) is 0 Å². The molecule has 0 amide bonds. The van der Waals surface area contributed by atoms with Gasteiger partial charge in [0.15, 0.2) is 5.65 Å². The lowest BCUT2D eigenvalue weighted by atomic mass is 9.84. The fourth-order valence-electron chi connectivity index (χ4n) is 3.62. The molecule has 23 heavy (non-hydrogen) atoms. The first kappa shape index (κ1) is 14.2. The zero-order valence-corrected chi connectivity index (χ0v) is 13.0. The largest absolute Gasteiger partial charge is 0.469 e. The number of aromatic nitrogens is 5. The first-order valence-corrected chi connectivity index (χ1v) is 7.99. The van der Waals surface area contributed by atoms with Gasteiger partial charge < -0.3 is 4.74 Å². The van der Waals surface area contributed by atoms with E-state index in [0.717, 1.165) is 47.8 Å². The number of esters is 1. The molecule has 3 heterocycles. The number of ether oxygens (including phenoxy) is 1. The summed E-state index contributed by atoms with van der Waals surface area (Å²) < 4.78 is 6.92. The van der Waals surface area contributed by atoms with Crippen molar-refractivity contribution in [3.05, 3.63) is 18.5 Å². The summed E-state index contributed by atoms with van der Waals surface area (Å²) in [7, 11) is 1.45. The van der Waals surface area contributed by atoms with E-state index in [9.17, 15) is 4.79 Å². The summed E-state index contributed by atoms with van der Waals surface area (Å²) in [5, 5.41) is 8.55. The Balaban J connectivity index is 1.59. The Morgan fingerprint density at radius 2 is 2.17 bits per heavy atom. The van der Waals surface area contributed by atoms with Gasteiger partial charge in [0.25, 0.3) is 0 Å². The average molecular weight is 313 g/mol. The van der Waals surface area contributed by atoms with Gasteiger partial charge in [0, 0.05) is 18.0 Å². The predicted octanol–water partition coefficient (Wildman–Crippen LogP) is 2.60. The predicted molar refractivity (Wildman–Crippen MR) is 84.8 cm³/mol. The van der Waals surface area contributed by atoms with Crippen LogP contribution in [0, 0.1) is 5.92 Å². The Hall–Kier alpha value is -2.44. The van der Waals surface area contributed by atoms with Crippen molar-refractivity contribution in [1.82, 2.24) is 25.0 Å². The topological polar surface area (TPSA) is 85.7 Å². The maximum atomic E-state index is 11.4. The number of carbonyl (C=O) groups is 1. The van der Waals surface area contributed by atoms with Crippen LogP contribution in [0.2, 0.25) is 0 Å². The minimum absolute atomic E-state index is 0.108. The number of pyridine rings is 1. The van der Waals surface area contributed by atoms with E-state index >= 15 is 0 Å². The van der Waals surface area contributed by atoms with Crippen molar-refractivity contribution in [1.29, 1.82) is 0 Å². The molecule has 1 fully saturated rings. The average Bonchev–Trinajstić information content (AvgIpc) is 3.21. The molecule has 3 aromatic heterocycles. The summed E-state index contributed by atoms with van der Waals surface area (Å²) in [5.41, 5.74) is 2.69. The Labute approximate surface area is 133 Å². The molecule has 0 aromatic carbocycles. The van der Waals surface area contributed by atoms with Crippen LogP contribution in [0.15, 0.2) is 18.5 Å². The number of aromatic amines is 1. The Morgan fingerprint density at radius 3 is 2.96 bits per heavy atom. The Morgan fingerprint density at radius 1 is 1.35 bits per heavy atom. The minimum Gasteiger partial charge on any atom is -0.469 e. The van der Waals surface area contributed by atoms with Gasteiger partial charge in [0.1, 0.15) is 5.52 Å². The maximum absolute atomic E-state index is 11.4. The Kier molecular flexibility index (Phi) is 3.48. The molecule has 7 heteroatoms. The maximum Gasteiger partial charge on any atom is 0.305 e. The van der Waals surface area contributed by atoms with Gasteiger partial charge in [-0.1, -0.05) is 0 Å². The molecule has 3 aromatic rings. The van der Waals surface area contributed by atoms with Crippen molar-refractivity contribution < 1.29 is 9.53 Å². The summed E-state index contributed by atoms with van der Waals surface area (Å²) in [6, 6.07) is 2.36. The lowest BCUT2D eigenvalue weighted by Crippen LogP contribution is -2.21. The highest BCUT2D eigenvalue weighted by molar-refractivity contribution is 6.00. The number of nitrogens with one attached hydrogen (secondary N) is 1. The van der Waals surface area contributed by atoms with E-state index in [-0.39, 0.29) is 5.97 Å². The molecule has 120 valence electrons. The van der Waals surface area contributed by atoms with Crippen LogP contribution < -0.4 is 0 Å². The summed E-state index contributed by atoms with van der Waals surface area (Å²) in [6.07, 6.45) is 8.19. The molecule has 0 atom stereocenters. The molecule has 0 aliphatic heterocycles. The molecule has 0 bridgehead atoms. The lowest BCUT2D eigenvalue weighted by Gasteiger charge is -2.28. The van der Waals surface area contributed by atoms with Crippen LogP contribution in [-0.4, -0.2) is 38.0 Å². The second kappa shape index (κ2) is 5.64. The summed E-state index contributed by atoms with van der Waals surface area (Å²) in [6.45, 7) is 0. The van der Waals surface area contributed by atoms with Gasteiger partial charge in [-0.3, -0.25) is 9.48 Å². The number of rotatable bonds is 3. The summed E-state index contributed by atoms with van der Waals surface area (Å²) >= 11 is 0. The van der Waals surface area contributed by atoms with Gasteiger partial charge in [-0.2, -0.15) is 5.10 Å². The lowest BCUT2D eigenvalue weighted by molar-refractivity contribution is -0.142. The summed E-state index contributed by atoms with van der Waals surface area (Å²) in [4.78, 5) is 20.0. The van der Waals surface area contributed by atoms with Crippen LogP contribution in [0.5, 0.6) is 0 Å². The molecule has 1 aliphatic carbocycles. The fraction of sp³-hybridized carbons (Fsp3) is 0.500. The quantitative estimate of drug-likeness (QED) is 0.751. The molecule has 1 aliphatic rings. The molecule has 0 unspecified atom stereocenters. The van der Waals surface area contributed by atoms with Crippen molar-refractivity contribution in [3.8, 4) is 0 Å². The minimum atomic E-state index is -0.108. The van der Waals surface area contributed by atoms with Gasteiger partial charge in [0.05, 0.1) is 24.9 Å². The van der Waals surface area contributed by atoms with E-state index in [2.05, 4.69) is 25.0 Å². The van der Waals surface area contributed by atoms with E-state index in [1.165, 1.54) is 7.11 Å². The highest BCUT2D eigenvalue weighted by atomic mass is 16.5. The van der Waals surface area contributed by atoms with Crippen molar-refractivity contribution in [2.45, 2.75) is 38.1 Å². The van der Waals surface area contributed by atoms with Gasteiger partial charge in [0.2, 0.25) is 0 Å². The molecule has 0 saturated heterocycles. The monoisotopic (exact) mass is 313 g/mol. The number of H-pyrrole nitrogens is 1. The van der Waals surface area contributed by atoms with Crippen LogP contribution >= 0.6 is 0 Å². The van der Waals surface area contributed by atoms with Crippen molar-refractivity contribution in [2.75, 3.05) is 7.11 Å². The molecular formula is C16H19N5O2. The molecule has 1 saturated carbocycles. The Bertz CT molecular complexity index is 845. The fourth-order valence-corrected chi connectivity index (χ4v) is 3.62.